The third-order valence-corrected chi connectivity index (χ3v) is 6.07. The maximum Gasteiger partial charge on any atom is 0.261 e. The van der Waals surface area contributed by atoms with Crippen LogP contribution in [0.25, 0.3) is 0 Å². The van der Waals surface area contributed by atoms with E-state index in [4.69, 9.17) is 16.3 Å². The third kappa shape index (κ3) is 7.55. The van der Waals surface area contributed by atoms with Gasteiger partial charge in [0.2, 0.25) is 5.91 Å². The lowest BCUT2D eigenvalue weighted by atomic mass is 10.0. The summed E-state index contributed by atoms with van der Waals surface area (Å²) in [5.41, 5.74) is 1.20. The Kier molecular flexibility index (Phi) is 9.67. The standard InChI is InChI=1S/C28H30ClFN2O3/c1-3-20(2)31-28(34)25(17-21-11-5-4-6-12-21)32(18-22-13-7-9-15-24(22)30)27(33)19-35-26-16-10-8-14-23(26)29/h4-16,20,25H,3,17-19H2,1-2H3,(H,31,34)/t20-,25+/m0/s1. The number of ether oxygens (including phenoxy) is 1. The molecule has 1 N–H and O–H groups in total. The zero-order valence-corrected chi connectivity index (χ0v) is 20.7. The molecule has 3 rings (SSSR count). The molecule has 5 nitrogen and oxygen atoms in total. The van der Waals surface area contributed by atoms with Crippen molar-refractivity contribution in [1.82, 2.24) is 10.2 Å². The molecule has 0 saturated heterocycles. The normalized spacial score (nSPS) is 12.5. The van der Waals surface area contributed by atoms with E-state index in [1.807, 2.05) is 44.2 Å². The highest BCUT2D eigenvalue weighted by Crippen LogP contribution is 2.24. The van der Waals surface area contributed by atoms with E-state index in [0.29, 0.717) is 16.3 Å². The van der Waals surface area contributed by atoms with Crippen molar-refractivity contribution in [3.05, 3.63) is 101 Å². The van der Waals surface area contributed by atoms with Gasteiger partial charge in [-0.15, -0.1) is 0 Å². The molecule has 0 aliphatic rings. The number of hydrogen-bond donors (Lipinski definition) is 1. The molecule has 0 fully saturated rings. The zero-order chi connectivity index (χ0) is 25.2. The van der Waals surface area contributed by atoms with Crippen LogP contribution in [0.5, 0.6) is 5.75 Å². The fourth-order valence-corrected chi connectivity index (χ4v) is 3.78. The summed E-state index contributed by atoms with van der Waals surface area (Å²) in [6, 6.07) is 21.6. The van der Waals surface area contributed by atoms with Crippen LogP contribution in [0.2, 0.25) is 5.02 Å². The molecule has 3 aromatic rings. The number of amides is 2. The Morgan fingerprint density at radius 3 is 2.34 bits per heavy atom. The second-order valence-corrected chi connectivity index (χ2v) is 8.76. The van der Waals surface area contributed by atoms with Crippen molar-refractivity contribution in [3.63, 3.8) is 0 Å². The molecule has 0 aliphatic carbocycles. The number of halogens is 2. The summed E-state index contributed by atoms with van der Waals surface area (Å²) < 4.78 is 20.3. The van der Waals surface area contributed by atoms with Crippen molar-refractivity contribution in [1.29, 1.82) is 0 Å². The van der Waals surface area contributed by atoms with Gasteiger partial charge in [0.1, 0.15) is 17.6 Å². The van der Waals surface area contributed by atoms with Crippen LogP contribution in [-0.2, 0) is 22.6 Å². The summed E-state index contributed by atoms with van der Waals surface area (Å²) in [5, 5.41) is 3.35. The summed E-state index contributed by atoms with van der Waals surface area (Å²) in [5.74, 6) is -0.839. The molecule has 2 amide bonds. The topological polar surface area (TPSA) is 58.6 Å². The van der Waals surface area contributed by atoms with Gasteiger partial charge < -0.3 is 15.0 Å². The predicted molar refractivity (Wildman–Crippen MR) is 136 cm³/mol. The fraction of sp³-hybridized carbons (Fsp3) is 0.286. The number of nitrogens with zero attached hydrogens (tertiary/aromatic N) is 1. The summed E-state index contributed by atoms with van der Waals surface area (Å²) in [7, 11) is 0. The van der Waals surface area contributed by atoms with E-state index < -0.39 is 17.8 Å². The van der Waals surface area contributed by atoms with E-state index in [0.717, 1.165) is 12.0 Å². The molecule has 184 valence electrons. The van der Waals surface area contributed by atoms with Gasteiger partial charge in [-0.1, -0.05) is 79.2 Å². The number of carbonyl (C=O) groups is 2. The quantitative estimate of drug-likeness (QED) is 0.386. The summed E-state index contributed by atoms with van der Waals surface area (Å²) in [6.07, 6.45) is 1.01. The molecule has 0 saturated carbocycles. The van der Waals surface area contributed by atoms with Crippen LogP contribution in [0.1, 0.15) is 31.4 Å². The summed E-state index contributed by atoms with van der Waals surface area (Å²) >= 11 is 6.17. The van der Waals surface area contributed by atoms with Crippen LogP contribution >= 0.6 is 11.6 Å². The highest BCUT2D eigenvalue weighted by Gasteiger charge is 2.31. The minimum absolute atomic E-state index is 0.0782. The van der Waals surface area contributed by atoms with Crippen LogP contribution < -0.4 is 10.1 Å². The first-order chi connectivity index (χ1) is 16.9. The van der Waals surface area contributed by atoms with Crippen molar-refractivity contribution < 1.29 is 18.7 Å². The maximum absolute atomic E-state index is 14.6. The van der Waals surface area contributed by atoms with Crippen LogP contribution in [0.4, 0.5) is 4.39 Å². The number of carbonyl (C=O) groups excluding carboxylic acids is 2. The molecule has 0 aliphatic heterocycles. The average Bonchev–Trinajstić information content (AvgIpc) is 2.87. The maximum atomic E-state index is 14.6. The lowest BCUT2D eigenvalue weighted by Gasteiger charge is -2.32. The van der Waals surface area contributed by atoms with Gasteiger partial charge in [-0.3, -0.25) is 9.59 Å². The van der Waals surface area contributed by atoms with Crippen LogP contribution in [0.3, 0.4) is 0 Å². The number of hydrogen-bond acceptors (Lipinski definition) is 3. The molecule has 2 atom stereocenters. The monoisotopic (exact) mass is 496 g/mol. The molecular formula is C28H30ClFN2O3. The van der Waals surface area contributed by atoms with Gasteiger partial charge >= 0.3 is 0 Å². The van der Waals surface area contributed by atoms with E-state index in [1.165, 1.54) is 11.0 Å². The number of nitrogens with one attached hydrogen (secondary N) is 1. The minimum Gasteiger partial charge on any atom is -0.482 e. The first kappa shape index (κ1) is 26.2. The van der Waals surface area contributed by atoms with Gasteiger partial charge in [0.25, 0.3) is 5.91 Å². The Bertz CT molecular complexity index is 1130. The SMILES string of the molecule is CC[C@H](C)NC(=O)[C@@H](Cc1ccccc1)N(Cc1ccccc1F)C(=O)COc1ccccc1Cl. The Hall–Kier alpha value is -3.38. The second kappa shape index (κ2) is 12.9. The van der Waals surface area contributed by atoms with Gasteiger partial charge in [-0.25, -0.2) is 4.39 Å². The van der Waals surface area contributed by atoms with Crippen molar-refractivity contribution in [2.24, 2.45) is 0 Å². The first-order valence-corrected chi connectivity index (χ1v) is 12.0. The number of para-hydroxylation sites is 1. The van der Waals surface area contributed by atoms with E-state index in [2.05, 4.69) is 5.32 Å². The second-order valence-electron chi connectivity index (χ2n) is 8.36. The molecule has 0 unspecified atom stereocenters. The van der Waals surface area contributed by atoms with Gasteiger partial charge in [-0.05, 0) is 37.1 Å². The van der Waals surface area contributed by atoms with Crippen molar-refractivity contribution in [2.75, 3.05) is 6.61 Å². The highest BCUT2D eigenvalue weighted by atomic mass is 35.5. The molecule has 0 spiro atoms. The summed E-state index contributed by atoms with van der Waals surface area (Å²) in [6.45, 7) is 3.45. The smallest absolute Gasteiger partial charge is 0.261 e. The van der Waals surface area contributed by atoms with Crippen LogP contribution in [0.15, 0.2) is 78.9 Å². The van der Waals surface area contributed by atoms with Gasteiger partial charge in [0, 0.05) is 24.6 Å². The molecule has 0 radical (unpaired) electrons. The lowest BCUT2D eigenvalue weighted by Crippen LogP contribution is -2.53. The largest absolute Gasteiger partial charge is 0.482 e. The third-order valence-electron chi connectivity index (χ3n) is 5.76. The zero-order valence-electron chi connectivity index (χ0n) is 19.9. The highest BCUT2D eigenvalue weighted by molar-refractivity contribution is 6.32. The van der Waals surface area contributed by atoms with E-state index in [9.17, 15) is 14.0 Å². The van der Waals surface area contributed by atoms with Crippen molar-refractivity contribution in [2.45, 2.75) is 45.3 Å². The van der Waals surface area contributed by atoms with Crippen LogP contribution in [-0.4, -0.2) is 35.4 Å². The van der Waals surface area contributed by atoms with Gasteiger partial charge in [0.05, 0.1) is 5.02 Å². The Balaban J connectivity index is 1.93. The van der Waals surface area contributed by atoms with Crippen molar-refractivity contribution >= 4 is 23.4 Å². The predicted octanol–water partition coefficient (Wildman–Crippen LogP) is 5.41. The molecule has 35 heavy (non-hydrogen) atoms. The van der Waals surface area contributed by atoms with E-state index >= 15 is 0 Å². The molecule has 7 heteroatoms. The minimum atomic E-state index is -0.867. The van der Waals surface area contributed by atoms with E-state index in [1.54, 1.807) is 42.5 Å². The Labute approximate surface area is 210 Å². The Morgan fingerprint density at radius 1 is 1.00 bits per heavy atom. The van der Waals surface area contributed by atoms with Gasteiger partial charge in [0.15, 0.2) is 6.61 Å². The van der Waals surface area contributed by atoms with Gasteiger partial charge in [-0.2, -0.15) is 0 Å². The lowest BCUT2D eigenvalue weighted by molar-refractivity contribution is -0.143. The number of benzene rings is 3. The van der Waals surface area contributed by atoms with Crippen LogP contribution in [0, 0.1) is 5.82 Å². The molecule has 3 aromatic carbocycles. The average molecular weight is 497 g/mol. The molecule has 0 aromatic heterocycles. The fourth-order valence-electron chi connectivity index (χ4n) is 3.59. The first-order valence-electron chi connectivity index (χ1n) is 11.6. The van der Waals surface area contributed by atoms with Crippen molar-refractivity contribution in [3.8, 4) is 5.75 Å². The molecule has 0 heterocycles. The molecular weight excluding hydrogens is 467 g/mol. The molecule has 0 bridgehead atoms. The Morgan fingerprint density at radius 2 is 1.66 bits per heavy atom. The number of rotatable bonds is 11. The van der Waals surface area contributed by atoms with E-state index in [-0.39, 0.29) is 31.5 Å². The summed E-state index contributed by atoms with van der Waals surface area (Å²) in [4.78, 5) is 28.3.